The van der Waals surface area contributed by atoms with Crippen LogP contribution in [0.25, 0.3) is 0 Å². The van der Waals surface area contributed by atoms with E-state index in [0.717, 1.165) is 32.3 Å². The zero-order valence-electron chi connectivity index (χ0n) is 13.6. The van der Waals surface area contributed by atoms with E-state index in [9.17, 15) is 0 Å². The van der Waals surface area contributed by atoms with Gasteiger partial charge in [-0.05, 0) is 51.0 Å². The van der Waals surface area contributed by atoms with Crippen LogP contribution >= 0.6 is 0 Å². The van der Waals surface area contributed by atoms with Gasteiger partial charge in [0.05, 0.1) is 5.60 Å². The van der Waals surface area contributed by atoms with Gasteiger partial charge in [-0.2, -0.15) is 0 Å². The van der Waals surface area contributed by atoms with Crippen molar-refractivity contribution in [3.63, 3.8) is 0 Å². The first-order valence-electron chi connectivity index (χ1n) is 8.67. The highest BCUT2D eigenvalue weighted by atomic mass is 16.5. The Bertz CT molecular complexity index is 274. The highest BCUT2D eigenvalue weighted by Gasteiger charge is 2.45. The largest absolute Gasteiger partial charge is 0.381 e. The first kappa shape index (κ1) is 16.3. The molecule has 2 rings (SSSR count). The smallest absolute Gasteiger partial charge is 0.0839 e. The summed E-state index contributed by atoms with van der Waals surface area (Å²) in [7, 11) is 0. The van der Waals surface area contributed by atoms with Crippen molar-refractivity contribution in [2.45, 2.75) is 70.9 Å². The molecule has 3 heteroatoms. The van der Waals surface area contributed by atoms with Crippen molar-refractivity contribution in [2.75, 3.05) is 26.4 Å². The summed E-state index contributed by atoms with van der Waals surface area (Å²) in [5.41, 5.74) is 0.0600. The van der Waals surface area contributed by atoms with Gasteiger partial charge in [0.25, 0.3) is 0 Å². The molecule has 1 saturated heterocycles. The van der Waals surface area contributed by atoms with Gasteiger partial charge in [-0.25, -0.2) is 0 Å². The lowest BCUT2D eigenvalue weighted by Crippen LogP contribution is -2.59. The molecule has 118 valence electrons. The van der Waals surface area contributed by atoms with Crippen LogP contribution in [0.3, 0.4) is 0 Å². The average Bonchev–Trinajstić information content (AvgIpc) is 2.46. The second-order valence-corrected chi connectivity index (χ2v) is 6.68. The molecule has 3 unspecified atom stereocenters. The summed E-state index contributed by atoms with van der Waals surface area (Å²) in [6, 6.07) is 0.499. The Balaban J connectivity index is 2.16. The van der Waals surface area contributed by atoms with Crippen LogP contribution in [0.5, 0.6) is 0 Å². The van der Waals surface area contributed by atoms with Crippen LogP contribution in [0.1, 0.15) is 59.3 Å². The van der Waals surface area contributed by atoms with Crippen LogP contribution in [-0.2, 0) is 9.47 Å². The predicted molar refractivity (Wildman–Crippen MR) is 83.0 cm³/mol. The van der Waals surface area contributed by atoms with Gasteiger partial charge in [-0.15, -0.1) is 0 Å². The van der Waals surface area contributed by atoms with E-state index < -0.39 is 0 Å². The highest BCUT2D eigenvalue weighted by Crippen LogP contribution is 2.41. The fourth-order valence-electron chi connectivity index (χ4n) is 4.39. The van der Waals surface area contributed by atoms with Crippen molar-refractivity contribution >= 4 is 0 Å². The quantitative estimate of drug-likeness (QED) is 0.810. The van der Waals surface area contributed by atoms with Crippen LogP contribution in [0.2, 0.25) is 0 Å². The zero-order chi connectivity index (χ0) is 14.4. The maximum Gasteiger partial charge on any atom is 0.0839 e. The summed E-state index contributed by atoms with van der Waals surface area (Å²) in [5, 5.41) is 3.79. The lowest BCUT2D eigenvalue weighted by molar-refractivity contribution is -0.120. The molecule has 1 aliphatic carbocycles. The van der Waals surface area contributed by atoms with Gasteiger partial charge in [0.1, 0.15) is 0 Å². The minimum atomic E-state index is 0.0600. The van der Waals surface area contributed by atoms with Crippen molar-refractivity contribution in [1.29, 1.82) is 0 Å². The van der Waals surface area contributed by atoms with Crippen molar-refractivity contribution in [3.05, 3.63) is 0 Å². The molecule has 1 aliphatic heterocycles. The van der Waals surface area contributed by atoms with Gasteiger partial charge in [0.2, 0.25) is 0 Å². The Kier molecular flexibility index (Phi) is 6.31. The summed E-state index contributed by atoms with van der Waals surface area (Å²) < 4.78 is 12.0. The van der Waals surface area contributed by atoms with Gasteiger partial charge in [-0.3, -0.25) is 0 Å². The lowest BCUT2D eigenvalue weighted by Gasteiger charge is -2.49. The molecule has 0 radical (unpaired) electrons. The number of hydrogen-bond donors (Lipinski definition) is 1. The van der Waals surface area contributed by atoms with E-state index in [-0.39, 0.29) is 5.60 Å². The van der Waals surface area contributed by atoms with E-state index in [2.05, 4.69) is 26.1 Å². The molecule has 1 saturated carbocycles. The summed E-state index contributed by atoms with van der Waals surface area (Å²) in [4.78, 5) is 0. The van der Waals surface area contributed by atoms with E-state index in [1.54, 1.807) is 0 Å². The molecule has 2 fully saturated rings. The maximum absolute atomic E-state index is 6.41. The van der Waals surface area contributed by atoms with Crippen LogP contribution in [-0.4, -0.2) is 38.0 Å². The molecule has 0 aromatic rings. The molecule has 0 spiro atoms. The number of hydrogen-bond acceptors (Lipinski definition) is 3. The SMILES string of the molecule is CCNC(C1CCOCC1)C1(OCC)CCCC(C)C1. The van der Waals surface area contributed by atoms with E-state index in [1.165, 1.54) is 38.5 Å². The summed E-state index contributed by atoms with van der Waals surface area (Å²) >= 11 is 0. The predicted octanol–water partition coefficient (Wildman–Crippen LogP) is 3.38. The monoisotopic (exact) mass is 283 g/mol. The fourth-order valence-corrected chi connectivity index (χ4v) is 4.39. The zero-order valence-corrected chi connectivity index (χ0v) is 13.6. The van der Waals surface area contributed by atoms with E-state index in [4.69, 9.17) is 9.47 Å². The summed E-state index contributed by atoms with van der Waals surface area (Å²) in [6.45, 7) is 10.5. The minimum Gasteiger partial charge on any atom is -0.381 e. The molecule has 1 N–H and O–H groups in total. The molecule has 1 heterocycles. The molecule has 3 atom stereocenters. The molecule has 0 aromatic heterocycles. The Morgan fingerprint density at radius 2 is 2.00 bits per heavy atom. The summed E-state index contributed by atoms with van der Waals surface area (Å²) in [5.74, 6) is 1.50. The molecule has 20 heavy (non-hydrogen) atoms. The fraction of sp³-hybridized carbons (Fsp3) is 1.00. The van der Waals surface area contributed by atoms with Gasteiger partial charge in [0.15, 0.2) is 0 Å². The van der Waals surface area contributed by atoms with Crippen LogP contribution in [0.15, 0.2) is 0 Å². The van der Waals surface area contributed by atoms with Gasteiger partial charge in [-0.1, -0.05) is 26.7 Å². The second-order valence-electron chi connectivity index (χ2n) is 6.68. The van der Waals surface area contributed by atoms with Crippen LogP contribution in [0, 0.1) is 11.8 Å². The Labute approximate surface area is 124 Å². The van der Waals surface area contributed by atoms with Crippen LogP contribution < -0.4 is 5.32 Å². The Morgan fingerprint density at radius 1 is 1.25 bits per heavy atom. The van der Waals surface area contributed by atoms with Crippen molar-refractivity contribution in [2.24, 2.45) is 11.8 Å². The Morgan fingerprint density at radius 3 is 2.60 bits per heavy atom. The number of nitrogens with one attached hydrogen (secondary N) is 1. The van der Waals surface area contributed by atoms with Crippen molar-refractivity contribution in [1.82, 2.24) is 5.32 Å². The Hall–Kier alpha value is -0.120. The topological polar surface area (TPSA) is 30.5 Å². The van der Waals surface area contributed by atoms with E-state index in [0.29, 0.717) is 12.0 Å². The van der Waals surface area contributed by atoms with E-state index in [1.807, 2.05) is 0 Å². The lowest BCUT2D eigenvalue weighted by atomic mass is 9.69. The molecular formula is C17H33NO2. The molecule has 3 nitrogen and oxygen atoms in total. The van der Waals surface area contributed by atoms with Crippen molar-refractivity contribution in [3.8, 4) is 0 Å². The first-order valence-corrected chi connectivity index (χ1v) is 8.67. The minimum absolute atomic E-state index is 0.0600. The standard InChI is InChI=1S/C17H33NO2/c1-4-18-16(15-8-11-19-12-9-15)17(20-5-2)10-6-7-14(3)13-17/h14-16,18H,4-13H2,1-3H3. The number of rotatable bonds is 6. The molecule has 0 amide bonds. The molecule has 2 aliphatic rings. The van der Waals surface area contributed by atoms with E-state index >= 15 is 0 Å². The molecule has 0 bridgehead atoms. The van der Waals surface area contributed by atoms with Gasteiger partial charge < -0.3 is 14.8 Å². The normalized spacial score (nSPS) is 34.0. The van der Waals surface area contributed by atoms with Gasteiger partial charge >= 0.3 is 0 Å². The number of ether oxygens (including phenoxy) is 2. The third-order valence-corrected chi connectivity index (χ3v) is 5.15. The maximum atomic E-state index is 6.41. The summed E-state index contributed by atoms with van der Waals surface area (Å²) in [6.07, 6.45) is 7.48. The third-order valence-electron chi connectivity index (χ3n) is 5.15. The molecule has 0 aromatic carbocycles. The second kappa shape index (κ2) is 7.77. The number of likely N-dealkylation sites (N-methyl/N-ethyl adjacent to an activating group) is 1. The average molecular weight is 283 g/mol. The van der Waals surface area contributed by atoms with Crippen molar-refractivity contribution < 1.29 is 9.47 Å². The van der Waals surface area contributed by atoms with Gasteiger partial charge in [0, 0.05) is 25.9 Å². The first-order chi connectivity index (χ1) is 9.72. The highest BCUT2D eigenvalue weighted by molar-refractivity contribution is 5.00. The molecular weight excluding hydrogens is 250 g/mol. The van der Waals surface area contributed by atoms with Crippen LogP contribution in [0.4, 0.5) is 0 Å². The third kappa shape index (κ3) is 3.75.